The van der Waals surface area contributed by atoms with Gasteiger partial charge in [-0.15, -0.1) is 0 Å². The number of nitrogens with zero attached hydrogens (tertiary/aromatic N) is 2. The molecule has 2 atom stereocenters. The van der Waals surface area contributed by atoms with Gasteiger partial charge in [-0.2, -0.15) is 0 Å². The van der Waals surface area contributed by atoms with E-state index in [4.69, 9.17) is 4.74 Å². The van der Waals surface area contributed by atoms with Crippen LogP contribution in [0.3, 0.4) is 0 Å². The number of aliphatic hydroxyl groups is 1. The van der Waals surface area contributed by atoms with Crippen LogP contribution in [0, 0.1) is 11.6 Å². The molecule has 6 heteroatoms. The quantitative estimate of drug-likeness (QED) is 0.748. The van der Waals surface area contributed by atoms with E-state index in [-0.39, 0.29) is 18.2 Å². The van der Waals surface area contributed by atoms with Gasteiger partial charge < -0.3 is 9.84 Å². The largest absolute Gasteiger partial charge is 0.389 e. The van der Waals surface area contributed by atoms with E-state index in [1.165, 1.54) is 43.7 Å². The number of β-amino-alcohol motifs (C(OH)–C–C–N with tert-alkyl or cyclic N) is 1. The Labute approximate surface area is 177 Å². The molecule has 0 spiro atoms. The van der Waals surface area contributed by atoms with Crippen molar-refractivity contribution in [3.8, 4) is 0 Å². The molecule has 2 saturated heterocycles. The number of fused-ring (bicyclic) bond motifs is 1. The van der Waals surface area contributed by atoms with Crippen molar-refractivity contribution in [3.63, 3.8) is 0 Å². The van der Waals surface area contributed by atoms with Crippen LogP contribution < -0.4 is 0 Å². The summed E-state index contributed by atoms with van der Waals surface area (Å²) in [7, 11) is 0. The van der Waals surface area contributed by atoms with Crippen LogP contribution in [0.15, 0.2) is 48.5 Å². The lowest BCUT2D eigenvalue weighted by atomic mass is 10.0. The topological polar surface area (TPSA) is 35.9 Å². The maximum absolute atomic E-state index is 13.4. The molecular weight excluding hydrogens is 386 g/mol. The zero-order valence-corrected chi connectivity index (χ0v) is 17.2. The molecule has 2 heterocycles. The number of hydrogen-bond donors (Lipinski definition) is 1. The van der Waals surface area contributed by atoms with Crippen LogP contribution in [0.1, 0.15) is 36.5 Å². The highest BCUT2D eigenvalue weighted by Crippen LogP contribution is 2.27. The minimum atomic E-state index is -0.624. The second kappa shape index (κ2) is 9.96. The van der Waals surface area contributed by atoms with Crippen LogP contribution >= 0.6 is 0 Å². The van der Waals surface area contributed by atoms with Crippen molar-refractivity contribution in [2.45, 2.75) is 37.5 Å². The fraction of sp³-hybridized carbons (Fsp3) is 0.500. The lowest BCUT2D eigenvalue weighted by molar-refractivity contribution is -0.00898. The van der Waals surface area contributed by atoms with E-state index in [1.807, 2.05) is 0 Å². The molecule has 4 nitrogen and oxygen atoms in total. The van der Waals surface area contributed by atoms with E-state index in [0.29, 0.717) is 12.6 Å². The van der Waals surface area contributed by atoms with Crippen molar-refractivity contribution in [1.29, 1.82) is 0 Å². The van der Waals surface area contributed by atoms with Gasteiger partial charge in [0.25, 0.3) is 0 Å². The molecule has 2 fully saturated rings. The Kier molecular flexibility index (Phi) is 7.10. The third-order valence-electron chi connectivity index (χ3n) is 6.16. The summed E-state index contributed by atoms with van der Waals surface area (Å²) in [5.74, 6) is -0.641. The Morgan fingerprint density at radius 3 is 2.13 bits per heavy atom. The van der Waals surface area contributed by atoms with Crippen LogP contribution in [-0.2, 0) is 4.74 Å². The first kappa shape index (κ1) is 21.4. The minimum absolute atomic E-state index is 0.157. The van der Waals surface area contributed by atoms with Gasteiger partial charge in [0.05, 0.1) is 12.7 Å². The summed E-state index contributed by atoms with van der Waals surface area (Å²) in [5, 5.41) is 10.7. The fourth-order valence-electron chi connectivity index (χ4n) is 4.67. The van der Waals surface area contributed by atoms with E-state index in [9.17, 15) is 13.9 Å². The lowest BCUT2D eigenvalue weighted by Gasteiger charge is -2.28. The normalized spacial score (nSPS) is 21.5. The van der Waals surface area contributed by atoms with Gasteiger partial charge >= 0.3 is 0 Å². The number of aliphatic hydroxyl groups excluding tert-OH is 1. The summed E-state index contributed by atoms with van der Waals surface area (Å²) in [4.78, 5) is 4.91. The predicted octanol–water partition coefficient (Wildman–Crippen LogP) is 3.60. The van der Waals surface area contributed by atoms with Gasteiger partial charge in [0.15, 0.2) is 0 Å². The summed E-state index contributed by atoms with van der Waals surface area (Å²) >= 11 is 0. The standard InChI is InChI=1S/C24H30F2N2O2/c25-20-8-4-18(5-9-20)24(19-6-10-21(26)11-7-19)30-17-23(29)16-27-12-2-14-28-13-1-3-22(28)15-27/h4-11,22-24,29H,1-3,12-17H2/t22-,23-/m1/s1. The molecule has 0 aliphatic carbocycles. The maximum atomic E-state index is 13.4. The molecule has 0 aromatic heterocycles. The summed E-state index contributed by atoms with van der Waals surface area (Å²) in [6.07, 6.45) is 2.51. The molecule has 0 radical (unpaired) electrons. The Bertz CT molecular complexity index is 754. The zero-order chi connectivity index (χ0) is 20.9. The van der Waals surface area contributed by atoms with Gasteiger partial charge in [-0.1, -0.05) is 24.3 Å². The van der Waals surface area contributed by atoms with Crippen LogP contribution in [0.5, 0.6) is 0 Å². The second-order valence-corrected chi connectivity index (χ2v) is 8.42. The molecule has 162 valence electrons. The van der Waals surface area contributed by atoms with E-state index < -0.39 is 12.2 Å². The summed E-state index contributed by atoms with van der Waals surface area (Å²) in [5.41, 5.74) is 1.54. The number of halogens is 2. The maximum Gasteiger partial charge on any atom is 0.123 e. The van der Waals surface area contributed by atoms with Gasteiger partial charge in [0.1, 0.15) is 17.7 Å². The average molecular weight is 417 g/mol. The molecule has 2 aliphatic heterocycles. The van der Waals surface area contributed by atoms with Gasteiger partial charge in [0, 0.05) is 19.1 Å². The first-order valence-electron chi connectivity index (χ1n) is 10.9. The van der Waals surface area contributed by atoms with E-state index in [0.717, 1.165) is 37.2 Å². The molecule has 4 rings (SSSR count). The molecular formula is C24H30F2N2O2. The number of hydrogen-bond acceptors (Lipinski definition) is 4. The molecule has 2 aromatic carbocycles. The van der Waals surface area contributed by atoms with Gasteiger partial charge in [-0.3, -0.25) is 9.80 Å². The molecule has 2 aromatic rings. The number of rotatable bonds is 7. The van der Waals surface area contributed by atoms with Crippen molar-refractivity contribution in [2.24, 2.45) is 0 Å². The van der Waals surface area contributed by atoms with Crippen molar-refractivity contribution in [1.82, 2.24) is 9.80 Å². The first-order chi connectivity index (χ1) is 14.6. The number of benzene rings is 2. The van der Waals surface area contributed by atoms with Crippen LogP contribution in [-0.4, -0.2) is 66.4 Å². The van der Waals surface area contributed by atoms with Crippen molar-refractivity contribution in [3.05, 3.63) is 71.3 Å². The van der Waals surface area contributed by atoms with Crippen molar-refractivity contribution < 1.29 is 18.6 Å². The molecule has 30 heavy (non-hydrogen) atoms. The minimum Gasteiger partial charge on any atom is -0.389 e. The molecule has 2 aliphatic rings. The predicted molar refractivity (Wildman–Crippen MR) is 112 cm³/mol. The van der Waals surface area contributed by atoms with E-state index in [1.54, 1.807) is 24.3 Å². The van der Waals surface area contributed by atoms with Crippen LogP contribution in [0.25, 0.3) is 0 Å². The smallest absolute Gasteiger partial charge is 0.123 e. The molecule has 0 unspecified atom stereocenters. The molecule has 0 bridgehead atoms. The highest BCUT2D eigenvalue weighted by Gasteiger charge is 2.29. The Morgan fingerprint density at radius 2 is 1.50 bits per heavy atom. The van der Waals surface area contributed by atoms with E-state index >= 15 is 0 Å². The van der Waals surface area contributed by atoms with E-state index in [2.05, 4.69) is 9.80 Å². The zero-order valence-electron chi connectivity index (χ0n) is 17.2. The van der Waals surface area contributed by atoms with Gasteiger partial charge in [-0.25, -0.2) is 8.78 Å². The number of ether oxygens (including phenoxy) is 1. The summed E-state index contributed by atoms with van der Waals surface area (Å²) in [6, 6.07) is 12.8. The SMILES string of the molecule is O[C@@H](COC(c1ccc(F)cc1)c1ccc(F)cc1)CN1CCCN2CCC[C@@H]2C1. The molecule has 0 amide bonds. The van der Waals surface area contributed by atoms with Crippen LogP contribution in [0.4, 0.5) is 8.78 Å². The second-order valence-electron chi connectivity index (χ2n) is 8.42. The Balaban J connectivity index is 1.39. The van der Waals surface area contributed by atoms with Gasteiger partial charge in [0.2, 0.25) is 0 Å². The third kappa shape index (κ3) is 5.43. The average Bonchev–Trinajstić information content (AvgIpc) is 3.09. The lowest BCUT2D eigenvalue weighted by Crippen LogP contribution is -2.41. The van der Waals surface area contributed by atoms with Crippen molar-refractivity contribution in [2.75, 3.05) is 39.3 Å². The monoisotopic (exact) mass is 416 g/mol. The molecule has 1 N–H and O–H groups in total. The Hall–Kier alpha value is -1.86. The fourth-order valence-corrected chi connectivity index (χ4v) is 4.67. The van der Waals surface area contributed by atoms with Gasteiger partial charge in [-0.05, 0) is 74.3 Å². The highest BCUT2D eigenvalue weighted by molar-refractivity contribution is 5.30. The Morgan fingerprint density at radius 1 is 0.900 bits per heavy atom. The summed E-state index contributed by atoms with van der Waals surface area (Å²) < 4.78 is 32.8. The third-order valence-corrected chi connectivity index (χ3v) is 6.16. The highest BCUT2D eigenvalue weighted by atomic mass is 19.1. The summed E-state index contributed by atoms with van der Waals surface area (Å²) in [6.45, 7) is 5.06. The van der Waals surface area contributed by atoms with Crippen molar-refractivity contribution >= 4 is 0 Å². The van der Waals surface area contributed by atoms with Crippen LogP contribution in [0.2, 0.25) is 0 Å². The molecule has 0 saturated carbocycles. The first-order valence-corrected chi connectivity index (χ1v) is 10.9.